The number of nitrogens with one attached hydrogen (secondary N) is 4. The van der Waals surface area contributed by atoms with Gasteiger partial charge in [0.15, 0.2) is 0 Å². The van der Waals surface area contributed by atoms with Gasteiger partial charge in [-0.05, 0) is 43.5 Å². The lowest BCUT2D eigenvalue weighted by atomic mass is 10.0. The Bertz CT molecular complexity index is 1190. The largest absolute Gasteiger partial charge is 0.370 e. The number of amides is 6. The first-order valence-electron chi connectivity index (χ1n) is 13.2. The highest BCUT2D eigenvalue weighted by molar-refractivity contribution is 5.99. The van der Waals surface area contributed by atoms with Gasteiger partial charge in [0, 0.05) is 12.0 Å². The molecule has 0 radical (unpaired) electrons. The zero-order valence-corrected chi connectivity index (χ0v) is 22.6. The van der Waals surface area contributed by atoms with Crippen molar-refractivity contribution in [3.05, 3.63) is 71.8 Å². The molecule has 0 aliphatic heterocycles. The molecule has 2 rings (SSSR count). The first kappa shape index (κ1) is 32.4. The van der Waals surface area contributed by atoms with Crippen LogP contribution in [0.2, 0.25) is 0 Å². The van der Waals surface area contributed by atoms with E-state index in [1.807, 2.05) is 6.07 Å². The summed E-state index contributed by atoms with van der Waals surface area (Å²) in [5.41, 5.74) is 17.0. The van der Waals surface area contributed by atoms with Gasteiger partial charge in [-0.1, -0.05) is 48.5 Å². The van der Waals surface area contributed by atoms with Crippen molar-refractivity contribution in [2.75, 3.05) is 13.1 Å². The van der Waals surface area contributed by atoms with E-state index in [-0.39, 0.29) is 12.8 Å². The van der Waals surface area contributed by atoms with Gasteiger partial charge in [0.25, 0.3) is 5.91 Å². The van der Waals surface area contributed by atoms with Crippen molar-refractivity contribution in [2.45, 2.75) is 50.2 Å². The third-order valence-corrected chi connectivity index (χ3v) is 6.00. The lowest BCUT2D eigenvalue weighted by molar-refractivity contribution is -0.134. The van der Waals surface area contributed by atoms with Crippen LogP contribution in [0.1, 0.15) is 41.6 Å². The molecule has 3 atom stereocenters. The van der Waals surface area contributed by atoms with Gasteiger partial charge in [0.05, 0.1) is 13.0 Å². The predicted octanol–water partition coefficient (Wildman–Crippen LogP) is -1.40. The molecule has 6 amide bonds. The fourth-order valence-electron chi connectivity index (χ4n) is 3.90. The summed E-state index contributed by atoms with van der Waals surface area (Å²) in [6, 6.07) is 13.8. The summed E-state index contributed by atoms with van der Waals surface area (Å²) in [6.45, 7) is -0.158. The van der Waals surface area contributed by atoms with Gasteiger partial charge in [-0.3, -0.25) is 28.8 Å². The molecule has 0 aliphatic rings. The number of benzene rings is 2. The summed E-state index contributed by atoms with van der Waals surface area (Å²) in [6.07, 6.45) is 0.766. The number of unbranched alkanes of at least 4 members (excludes halogenated alkanes) is 1. The van der Waals surface area contributed by atoms with Gasteiger partial charge < -0.3 is 38.5 Å². The second kappa shape index (κ2) is 17.0. The summed E-state index contributed by atoms with van der Waals surface area (Å²) in [4.78, 5) is 74.8. The summed E-state index contributed by atoms with van der Waals surface area (Å²) >= 11 is 0. The Kier molecular flexibility index (Phi) is 13.5. The third-order valence-electron chi connectivity index (χ3n) is 6.00. The van der Waals surface area contributed by atoms with Crippen LogP contribution in [0.4, 0.5) is 0 Å². The average molecular weight is 568 g/mol. The molecule has 0 spiro atoms. The van der Waals surface area contributed by atoms with Crippen molar-refractivity contribution < 1.29 is 28.8 Å². The summed E-state index contributed by atoms with van der Waals surface area (Å²) in [7, 11) is 0. The van der Waals surface area contributed by atoms with Crippen LogP contribution >= 0.6 is 0 Å². The summed E-state index contributed by atoms with van der Waals surface area (Å²) < 4.78 is 0. The first-order chi connectivity index (χ1) is 19.6. The van der Waals surface area contributed by atoms with E-state index >= 15 is 0 Å². The summed E-state index contributed by atoms with van der Waals surface area (Å²) in [5.74, 6) is -4.41. The molecular weight excluding hydrogens is 530 g/mol. The summed E-state index contributed by atoms with van der Waals surface area (Å²) in [5, 5.41) is 10.0. The molecule has 0 aromatic heterocycles. The molecule has 0 fully saturated rings. The van der Waals surface area contributed by atoms with Crippen LogP contribution in [0, 0.1) is 0 Å². The van der Waals surface area contributed by atoms with E-state index in [4.69, 9.17) is 17.2 Å². The van der Waals surface area contributed by atoms with Gasteiger partial charge in [-0.15, -0.1) is 0 Å². The molecule has 0 aliphatic carbocycles. The standard InChI is InChI=1S/C28H37N7O6/c29-14-8-7-13-20(27(40)35-22(16-23(30)36)26(39)32-17-24(31)37)33-28(41)21(15-18-9-3-1-4-10-18)34-25(38)19-11-5-2-6-12-19/h1-6,9-12,20-22H,7-8,13-17,29H2,(H2,30,36)(H2,31,37)(H,32,39)(H,33,41)(H,34,38)(H,35,40)/t20-,21-,22-/m0/s1. The van der Waals surface area contributed by atoms with Crippen molar-refractivity contribution in [1.29, 1.82) is 0 Å². The predicted molar refractivity (Wildman–Crippen MR) is 151 cm³/mol. The Hall–Kier alpha value is -4.78. The smallest absolute Gasteiger partial charge is 0.251 e. The number of nitrogens with two attached hydrogens (primary N) is 3. The SMILES string of the molecule is NCCCC[C@H](NC(=O)[C@H](Cc1ccccc1)NC(=O)c1ccccc1)C(=O)N[C@@H](CC(N)=O)C(=O)NCC(N)=O. The van der Waals surface area contributed by atoms with Gasteiger partial charge in [0.2, 0.25) is 29.5 Å². The zero-order valence-electron chi connectivity index (χ0n) is 22.6. The number of hydrogen-bond acceptors (Lipinski definition) is 7. The molecule has 41 heavy (non-hydrogen) atoms. The first-order valence-corrected chi connectivity index (χ1v) is 13.2. The molecule has 2 aromatic rings. The van der Waals surface area contributed by atoms with Crippen molar-refractivity contribution in [3.63, 3.8) is 0 Å². The van der Waals surface area contributed by atoms with Crippen molar-refractivity contribution >= 4 is 35.4 Å². The van der Waals surface area contributed by atoms with Gasteiger partial charge in [-0.2, -0.15) is 0 Å². The van der Waals surface area contributed by atoms with Crippen molar-refractivity contribution in [1.82, 2.24) is 21.3 Å². The minimum Gasteiger partial charge on any atom is -0.370 e. The fourth-order valence-corrected chi connectivity index (χ4v) is 3.90. The number of primary amides is 2. The zero-order chi connectivity index (χ0) is 30.2. The normalized spacial score (nSPS) is 12.7. The van der Waals surface area contributed by atoms with Crippen LogP contribution in [0.3, 0.4) is 0 Å². The molecule has 13 heteroatoms. The highest BCUT2D eigenvalue weighted by Crippen LogP contribution is 2.08. The maximum absolute atomic E-state index is 13.5. The van der Waals surface area contributed by atoms with Crippen LogP contribution in [0.15, 0.2) is 60.7 Å². The molecule has 0 saturated heterocycles. The number of hydrogen-bond donors (Lipinski definition) is 7. The molecule has 0 heterocycles. The number of carbonyl (C=O) groups excluding carboxylic acids is 6. The van der Waals surface area contributed by atoms with Crippen LogP contribution in [-0.2, 0) is 30.4 Å². The van der Waals surface area contributed by atoms with E-state index < -0.39 is 66.5 Å². The number of rotatable bonds is 17. The third kappa shape index (κ3) is 11.9. The van der Waals surface area contributed by atoms with Crippen LogP contribution < -0.4 is 38.5 Å². The molecule has 10 N–H and O–H groups in total. The average Bonchev–Trinajstić information content (AvgIpc) is 2.95. The van der Waals surface area contributed by atoms with Crippen LogP contribution in [0.5, 0.6) is 0 Å². The van der Waals surface area contributed by atoms with Crippen LogP contribution in [-0.4, -0.2) is 66.7 Å². The fraction of sp³-hybridized carbons (Fsp3) is 0.357. The van der Waals surface area contributed by atoms with Crippen LogP contribution in [0.25, 0.3) is 0 Å². The van der Waals surface area contributed by atoms with Gasteiger partial charge in [-0.25, -0.2) is 0 Å². The Labute approximate surface area is 238 Å². The molecule has 0 unspecified atom stereocenters. The highest BCUT2D eigenvalue weighted by Gasteiger charge is 2.30. The second-order valence-corrected chi connectivity index (χ2v) is 9.34. The maximum atomic E-state index is 13.5. The van der Waals surface area contributed by atoms with Gasteiger partial charge in [0.1, 0.15) is 18.1 Å². The Morgan fingerprint density at radius 1 is 0.659 bits per heavy atom. The minimum absolute atomic E-state index is 0.141. The van der Waals surface area contributed by atoms with E-state index in [9.17, 15) is 28.8 Å². The maximum Gasteiger partial charge on any atom is 0.251 e. The monoisotopic (exact) mass is 567 g/mol. The quantitative estimate of drug-likeness (QED) is 0.113. The topological polar surface area (TPSA) is 229 Å². The molecule has 0 bridgehead atoms. The van der Waals surface area contributed by atoms with Gasteiger partial charge >= 0.3 is 0 Å². The highest BCUT2D eigenvalue weighted by atomic mass is 16.2. The lowest BCUT2D eigenvalue weighted by Gasteiger charge is -2.25. The minimum atomic E-state index is -1.41. The lowest BCUT2D eigenvalue weighted by Crippen LogP contribution is -2.57. The molecule has 0 saturated carbocycles. The molecule has 13 nitrogen and oxygen atoms in total. The Morgan fingerprint density at radius 2 is 1.24 bits per heavy atom. The van der Waals surface area contributed by atoms with E-state index in [0.29, 0.717) is 24.9 Å². The van der Waals surface area contributed by atoms with E-state index in [2.05, 4.69) is 21.3 Å². The number of carbonyl (C=O) groups is 6. The second-order valence-electron chi connectivity index (χ2n) is 9.34. The van der Waals surface area contributed by atoms with E-state index in [0.717, 1.165) is 5.56 Å². The molecule has 220 valence electrons. The Balaban J connectivity index is 2.25. The van der Waals surface area contributed by atoms with E-state index in [1.165, 1.54) is 0 Å². The van der Waals surface area contributed by atoms with Crippen molar-refractivity contribution in [2.24, 2.45) is 17.2 Å². The van der Waals surface area contributed by atoms with Crippen molar-refractivity contribution in [3.8, 4) is 0 Å². The molecular formula is C28H37N7O6. The molecule has 2 aromatic carbocycles. The Morgan fingerprint density at radius 3 is 1.83 bits per heavy atom. The van der Waals surface area contributed by atoms with E-state index in [1.54, 1.807) is 54.6 Å².